The van der Waals surface area contributed by atoms with Gasteiger partial charge in [0.05, 0.1) is 0 Å². The van der Waals surface area contributed by atoms with Gasteiger partial charge < -0.3 is 0 Å². The third kappa shape index (κ3) is 9.51. The van der Waals surface area contributed by atoms with Gasteiger partial charge in [-0.3, -0.25) is 0 Å². The van der Waals surface area contributed by atoms with E-state index in [4.69, 9.17) is 0 Å². The molecule has 0 aromatic heterocycles. The number of hydrogen-bond donors (Lipinski definition) is 0. The van der Waals surface area contributed by atoms with Crippen molar-refractivity contribution in [1.82, 2.24) is 0 Å². The summed E-state index contributed by atoms with van der Waals surface area (Å²) >= 11 is 1.87. The molecule has 2 aromatic carbocycles. The Hall–Kier alpha value is -1.21. The lowest BCUT2D eigenvalue weighted by molar-refractivity contribution is 0.632. The smallest absolute Gasteiger partial charge is 0.0122 e. The van der Waals surface area contributed by atoms with Crippen LogP contribution in [0.4, 0.5) is 0 Å². The number of aryl methyl sites for hydroxylation is 2. The van der Waals surface area contributed by atoms with Crippen molar-refractivity contribution in [2.24, 2.45) is 0 Å². The topological polar surface area (TPSA) is 0 Å². The molecule has 0 saturated carbocycles. The standard InChI is InChI=1S/C26H38S/c1-3-5-7-9-11-13-23-15-19-25(20-16-23)27-26-21-17-24(18-22-26)14-12-10-8-6-4-2/h15-22H,3-14H2,1-2H3. The summed E-state index contributed by atoms with van der Waals surface area (Å²) in [6, 6.07) is 18.4. The van der Waals surface area contributed by atoms with Gasteiger partial charge in [-0.05, 0) is 61.1 Å². The Bertz CT molecular complexity index is 542. The van der Waals surface area contributed by atoms with Crippen LogP contribution in [-0.4, -0.2) is 0 Å². The molecule has 0 aliphatic carbocycles. The summed E-state index contributed by atoms with van der Waals surface area (Å²) in [5.41, 5.74) is 2.96. The van der Waals surface area contributed by atoms with E-state index in [-0.39, 0.29) is 0 Å². The highest BCUT2D eigenvalue weighted by Gasteiger charge is 2.00. The fraction of sp³-hybridized carbons (Fsp3) is 0.538. The van der Waals surface area contributed by atoms with Crippen molar-refractivity contribution >= 4 is 11.8 Å². The molecule has 0 aliphatic rings. The summed E-state index contributed by atoms with van der Waals surface area (Å²) in [6.45, 7) is 4.55. The third-order valence-corrected chi connectivity index (χ3v) is 6.24. The molecule has 0 saturated heterocycles. The second kappa shape index (κ2) is 13.9. The quantitative estimate of drug-likeness (QED) is 0.294. The van der Waals surface area contributed by atoms with E-state index >= 15 is 0 Å². The normalized spacial score (nSPS) is 11.0. The van der Waals surface area contributed by atoms with Crippen molar-refractivity contribution in [3.05, 3.63) is 59.7 Å². The highest BCUT2D eigenvalue weighted by molar-refractivity contribution is 7.99. The molecule has 0 atom stereocenters. The molecule has 0 fully saturated rings. The van der Waals surface area contributed by atoms with Gasteiger partial charge in [0.1, 0.15) is 0 Å². The number of hydrogen-bond acceptors (Lipinski definition) is 1. The van der Waals surface area contributed by atoms with Crippen molar-refractivity contribution < 1.29 is 0 Å². The Balaban J connectivity index is 1.71. The molecule has 0 heterocycles. The van der Waals surface area contributed by atoms with Crippen LogP contribution in [0.1, 0.15) is 89.2 Å². The number of unbranched alkanes of at least 4 members (excludes halogenated alkanes) is 8. The van der Waals surface area contributed by atoms with Gasteiger partial charge in [0, 0.05) is 9.79 Å². The second-order valence-corrected chi connectivity index (χ2v) is 8.87. The van der Waals surface area contributed by atoms with Crippen LogP contribution in [0.3, 0.4) is 0 Å². The van der Waals surface area contributed by atoms with E-state index in [9.17, 15) is 0 Å². The SMILES string of the molecule is CCCCCCCc1ccc(Sc2ccc(CCCCCCC)cc2)cc1. The lowest BCUT2D eigenvalue weighted by Gasteiger charge is -2.06. The van der Waals surface area contributed by atoms with Crippen LogP contribution in [0.15, 0.2) is 58.3 Å². The fourth-order valence-electron chi connectivity index (χ4n) is 3.45. The first-order valence-electron chi connectivity index (χ1n) is 11.2. The van der Waals surface area contributed by atoms with Crippen molar-refractivity contribution in [3.8, 4) is 0 Å². The molecule has 27 heavy (non-hydrogen) atoms. The van der Waals surface area contributed by atoms with Crippen LogP contribution in [0.2, 0.25) is 0 Å². The monoisotopic (exact) mass is 382 g/mol. The van der Waals surface area contributed by atoms with E-state index < -0.39 is 0 Å². The average molecular weight is 383 g/mol. The summed E-state index contributed by atoms with van der Waals surface area (Å²) in [6.07, 6.45) is 16.0. The molecule has 0 N–H and O–H groups in total. The molecule has 1 heteroatoms. The van der Waals surface area contributed by atoms with Gasteiger partial charge in [0.15, 0.2) is 0 Å². The summed E-state index contributed by atoms with van der Waals surface area (Å²) in [5, 5.41) is 0. The van der Waals surface area contributed by atoms with Crippen molar-refractivity contribution in [2.45, 2.75) is 101 Å². The van der Waals surface area contributed by atoms with Crippen molar-refractivity contribution in [1.29, 1.82) is 0 Å². The largest absolute Gasteiger partial charge is 0.0901 e. The molecule has 0 nitrogen and oxygen atoms in total. The molecule has 0 amide bonds. The van der Waals surface area contributed by atoms with Gasteiger partial charge in [-0.25, -0.2) is 0 Å². The van der Waals surface area contributed by atoms with E-state index in [1.807, 2.05) is 11.8 Å². The first-order valence-corrected chi connectivity index (χ1v) is 12.0. The first kappa shape index (κ1) is 22.1. The molecule has 2 aromatic rings. The van der Waals surface area contributed by atoms with Gasteiger partial charge in [-0.1, -0.05) is 101 Å². The van der Waals surface area contributed by atoms with Crippen LogP contribution in [0.5, 0.6) is 0 Å². The molecule has 0 spiro atoms. The lowest BCUT2D eigenvalue weighted by Crippen LogP contribution is -1.87. The maximum Gasteiger partial charge on any atom is 0.0122 e. The molecule has 2 rings (SSSR count). The van der Waals surface area contributed by atoms with E-state index in [0.717, 1.165) is 0 Å². The van der Waals surface area contributed by atoms with Gasteiger partial charge >= 0.3 is 0 Å². The minimum atomic E-state index is 1.22. The highest BCUT2D eigenvalue weighted by Crippen LogP contribution is 2.28. The predicted octanol–water partition coefficient (Wildman–Crippen LogP) is 8.86. The molecule has 0 aliphatic heterocycles. The zero-order valence-corrected chi connectivity index (χ0v) is 18.3. The Morgan fingerprint density at radius 1 is 0.481 bits per heavy atom. The Morgan fingerprint density at radius 3 is 1.22 bits per heavy atom. The first-order chi connectivity index (χ1) is 13.3. The van der Waals surface area contributed by atoms with Gasteiger partial charge in [-0.15, -0.1) is 0 Å². The Labute approximate surface area is 172 Å². The maximum atomic E-state index is 2.31. The highest BCUT2D eigenvalue weighted by atomic mass is 32.2. The Morgan fingerprint density at radius 2 is 0.852 bits per heavy atom. The number of benzene rings is 2. The van der Waals surface area contributed by atoms with Crippen LogP contribution in [0.25, 0.3) is 0 Å². The van der Waals surface area contributed by atoms with E-state index in [1.54, 1.807) is 0 Å². The van der Waals surface area contributed by atoms with Crippen LogP contribution >= 0.6 is 11.8 Å². The van der Waals surface area contributed by atoms with E-state index in [1.165, 1.54) is 98.0 Å². The number of rotatable bonds is 14. The Kier molecular flexibility index (Phi) is 11.4. The summed E-state index contributed by atoms with van der Waals surface area (Å²) in [7, 11) is 0. The maximum absolute atomic E-state index is 2.31. The zero-order chi connectivity index (χ0) is 19.2. The van der Waals surface area contributed by atoms with Gasteiger partial charge in [-0.2, -0.15) is 0 Å². The van der Waals surface area contributed by atoms with Crippen molar-refractivity contribution in [2.75, 3.05) is 0 Å². The molecular formula is C26H38S. The molecule has 148 valence electrons. The van der Waals surface area contributed by atoms with Crippen LogP contribution < -0.4 is 0 Å². The second-order valence-electron chi connectivity index (χ2n) is 7.72. The lowest BCUT2D eigenvalue weighted by atomic mass is 10.1. The molecule has 0 bridgehead atoms. The third-order valence-electron chi connectivity index (χ3n) is 5.22. The van der Waals surface area contributed by atoms with Gasteiger partial charge in [0.2, 0.25) is 0 Å². The minimum Gasteiger partial charge on any atom is -0.0901 e. The summed E-state index contributed by atoms with van der Waals surface area (Å²) in [5.74, 6) is 0. The van der Waals surface area contributed by atoms with Crippen LogP contribution in [-0.2, 0) is 12.8 Å². The predicted molar refractivity (Wildman–Crippen MR) is 122 cm³/mol. The summed E-state index contributed by atoms with van der Waals surface area (Å²) in [4.78, 5) is 2.69. The average Bonchev–Trinajstić information content (AvgIpc) is 2.70. The molecular weight excluding hydrogens is 344 g/mol. The summed E-state index contributed by atoms with van der Waals surface area (Å²) < 4.78 is 0. The van der Waals surface area contributed by atoms with Gasteiger partial charge in [0.25, 0.3) is 0 Å². The van der Waals surface area contributed by atoms with Crippen molar-refractivity contribution in [3.63, 3.8) is 0 Å². The van der Waals surface area contributed by atoms with Crippen LogP contribution in [0, 0.1) is 0 Å². The molecule has 0 radical (unpaired) electrons. The fourth-order valence-corrected chi connectivity index (χ4v) is 4.27. The van der Waals surface area contributed by atoms with E-state index in [0.29, 0.717) is 0 Å². The zero-order valence-electron chi connectivity index (χ0n) is 17.5. The van der Waals surface area contributed by atoms with E-state index in [2.05, 4.69) is 62.4 Å². The molecule has 0 unspecified atom stereocenters. The minimum absolute atomic E-state index is 1.22.